The van der Waals surface area contributed by atoms with Gasteiger partial charge in [-0.05, 0) is 24.3 Å². The second kappa shape index (κ2) is 5.42. The van der Waals surface area contributed by atoms with Gasteiger partial charge >= 0.3 is 5.97 Å². The van der Waals surface area contributed by atoms with Crippen molar-refractivity contribution in [3.05, 3.63) is 65.3 Å². The maximum atomic E-state index is 11.2. The Labute approximate surface area is 125 Å². The molecule has 3 rings (SSSR count). The Balaban J connectivity index is 2.04. The number of rotatable bonds is 3. The molecule has 0 spiro atoms. The smallest absolute Gasteiger partial charge is 0.339 e. The van der Waals surface area contributed by atoms with Crippen molar-refractivity contribution in [2.24, 2.45) is 0 Å². The third-order valence-corrected chi connectivity index (χ3v) is 3.28. The molecule has 0 bridgehead atoms. The monoisotopic (exact) mass is 299 g/mol. The zero-order valence-electron chi connectivity index (χ0n) is 10.8. The molecule has 1 N–H and O–H groups in total. The maximum Gasteiger partial charge on any atom is 0.339 e. The molecule has 3 aromatic rings. The lowest BCUT2D eigenvalue weighted by atomic mass is 10.2. The van der Waals surface area contributed by atoms with Crippen molar-refractivity contribution in [1.29, 1.82) is 0 Å². The minimum atomic E-state index is -1.10. The highest BCUT2D eigenvalue weighted by Gasteiger charge is 2.15. The molecule has 0 fully saturated rings. The molecule has 0 aliphatic rings. The van der Waals surface area contributed by atoms with Crippen molar-refractivity contribution in [2.45, 2.75) is 0 Å². The van der Waals surface area contributed by atoms with Crippen molar-refractivity contribution < 1.29 is 14.6 Å². The molecule has 0 aliphatic carbocycles. The summed E-state index contributed by atoms with van der Waals surface area (Å²) in [7, 11) is 0. The lowest BCUT2D eigenvalue weighted by molar-refractivity contribution is 0.0694. The number of pyridine rings is 1. The number of benzene rings is 2. The first-order valence-electron chi connectivity index (χ1n) is 6.19. The largest absolute Gasteiger partial charge is 0.478 e. The minimum Gasteiger partial charge on any atom is -0.478 e. The summed E-state index contributed by atoms with van der Waals surface area (Å²) < 4.78 is 5.63. The lowest BCUT2D eigenvalue weighted by Crippen LogP contribution is -2.00. The molecular weight excluding hydrogens is 290 g/mol. The van der Waals surface area contributed by atoms with Crippen molar-refractivity contribution in [3.63, 3.8) is 0 Å². The van der Waals surface area contributed by atoms with E-state index in [1.165, 1.54) is 12.3 Å². The summed E-state index contributed by atoms with van der Waals surface area (Å²) in [5.74, 6) is -0.547. The van der Waals surface area contributed by atoms with Crippen LogP contribution in [0.3, 0.4) is 0 Å². The molecule has 0 saturated heterocycles. The van der Waals surface area contributed by atoms with Gasteiger partial charge in [0.1, 0.15) is 11.3 Å². The number of carboxylic acids is 1. The van der Waals surface area contributed by atoms with E-state index in [4.69, 9.17) is 16.3 Å². The van der Waals surface area contributed by atoms with Crippen LogP contribution in [-0.4, -0.2) is 16.1 Å². The van der Waals surface area contributed by atoms with Gasteiger partial charge in [0.15, 0.2) is 5.75 Å². The predicted octanol–water partition coefficient (Wildman–Crippen LogP) is 4.38. The molecule has 21 heavy (non-hydrogen) atoms. The van der Waals surface area contributed by atoms with E-state index < -0.39 is 5.97 Å². The second-order valence-corrected chi connectivity index (χ2v) is 4.79. The van der Waals surface area contributed by atoms with Crippen LogP contribution in [-0.2, 0) is 0 Å². The van der Waals surface area contributed by atoms with Crippen LogP contribution < -0.4 is 4.74 Å². The van der Waals surface area contributed by atoms with Gasteiger partial charge in [0.2, 0.25) is 0 Å². The molecule has 2 aromatic carbocycles. The highest BCUT2D eigenvalue weighted by atomic mass is 35.5. The summed E-state index contributed by atoms with van der Waals surface area (Å²) in [5.41, 5.74) is 0.845. The van der Waals surface area contributed by atoms with Crippen LogP contribution in [0, 0.1) is 0 Å². The molecule has 4 nitrogen and oxygen atoms in total. The van der Waals surface area contributed by atoms with Crippen LogP contribution in [0.1, 0.15) is 10.4 Å². The Bertz CT molecular complexity index is 833. The third kappa shape index (κ3) is 2.66. The summed E-state index contributed by atoms with van der Waals surface area (Å²) in [6, 6.07) is 14.0. The first-order valence-corrected chi connectivity index (χ1v) is 6.57. The zero-order chi connectivity index (χ0) is 14.8. The first-order chi connectivity index (χ1) is 10.1. The van der Waals surface area contributed by atoms with E-state index in [0.29, 0.717) is 5.75 Å². The number of carbonyl (C=O) groups is 1. The summed E-state index contributed by atoms with van der Waals surface area (Å²) >= 11 is 6.03. The molecule has 1 aromatic heterocycles. The highest BCUT2D eigenvalue weighted by Crippen LogP contribution is 2.33. The van der Waals surface area contributed by atoms with Crippen LogP contribution in [0.2, 0.25) is 5.02 Å². The molecule has 0 aliphatic heterocycles. The van der Waals surface area contributed by atoms with E-state index in [-0.39, 0.29) is 16.3 Å². The Morgan fingerprint density at radius 1 is 1.14 bits per heavy atom. The topological polar surface area (TPSA) is 59.4 Å². The summed E-state index contributed by atoms with van der Waals surface area (Å²) in [5, 5.41) is 10.3. The number of carboxylic acid groups (broad SMARTS) is 1. The van der Waals surface area contributed by atoms with E-state index in [9.17, 15) is 9.90 Å². The predicted molar refractivity (Wildman–Crippen MR) is 80.2 cm³/mol. The summed E-state index contributed by atoms with van der Waals surface area (Å²) in [6.07, 6.45) is 1.54. The number of hydrogen-bond acceptors (Lipinski definition) is 3. The van der Waals surface area contributed by atoms with Crippen LogP contribution >= 0.6 is 11.6 Å². The van der Waals surface area contributed by atoms with Crippen LogP contribution in [0.25, 0.3) is 10.9 Å². The third-order valence-electron chi connectivity index (χ3n) is 2.98. The number of aromatic carboxylic acids is 1. The second-order valence-electron chi connectivity index (χ2n) is 4.39. The Morgan fingerprint density at radius 2 is 1.95 bits per heavy atom. The molecule has 1 heterocycles. The van der Waals surface area contributed by atoms with Gasteiger partial charge in [0.05, 0.1) is 16.7 Å². The highest BCUT2D eigenvalue weighted by molar-refractivity contribution is 6.32. The fraction of sp³-hybridized carbons (Fsp3) is 0. The van der Waals surface area contributed by atoms with Gasteiger partial charge in [-0.3, -0.25) is 4.98 Å². The van der Waals surface area contributed by atoms with Gasteiger partial charge in [0.25, 0.3) is 0 Å². The Morgan fingerprint density at radius 3 is 2.76 bits per heavy atom. The molecule has 104 valence electrons. The van der Waals surface area contributed by atoms with Crippen molar-refractivity contribution in [3.8, 4) is 11.5 Å². The van der Waals surface area contributed by atoms with Gasteiger partial charge in [-0.15, -0.1) is 0 Å². The van der Waals surface area contributed by atoms with Crippen LogP contribution in [0.5, 0.6) is 11.5 Å². The number of aromatic nitrogens is 1. The Kier molecular flexibility index (Phi) is 3.46. The summed E-state index contributed by atoms with van der Waals surface area (Å²) in [4.78, 5) is 15.5. The van der Waals surface area contributed by atoms with E-state index in [1.54, 1.807) is 18.2 Å². The van der Waals surface area contributed by atoms with Gasteiger partial charge < -0.3 is 9.84 Å². The SMILES string of the molecule is O=C(O)c1cccc(Cl)c1Oc1cnc2ccccc2c1. The van der Waals surface area contributed by atoms with E-state index in [0.717, 1.165) is 10.9 Å². The molecule has 0 radical (unpaired) electrons. The number of nitrogens with zero attached hydrogens (tertiary/aromatic N) is 1. The van der Waals surface area contributed by atoms with E-state index in [1.807, 2.05) is 24.3 Å². The van der Waals surface area contributed by atoms with E-state index >= 15 is 0 Å². The number of para-hydroxylation sites is 2. The number of fused-ring (bicyclic) bond motifs is 1. The number of hydrogen-bond donors (Lipinski definition) is 1. The van der Waals surface area contributed by atoms with Crippen molar-refractivity contribution in [1.82, 2.24) is 4.98 Å². The fourth-order valence-corrected chi connectivity index (χ4v) is 2.22. The average molecular weight is 300 g/mol. The average Bonchev–Trinajstić information content (AvgIpc) is 2.49. The molecule has 0 atom stereocenters. The zero-order valence-corrected chi connectivity index (χ0v) is 11.5. The molecule has 0 saturated carbocycles. The van der Waals surface area contributed by atoms with Crippen molar-refractivity contribution in [2.75, 3.05) is 0 Å². The Hall–Kier alpha value is -2.59. The normalized spacial score (nSPS) is 10.5. The number of ether oxygens (including phenoxy) is 1. The fourth-order valence-electron chi connectivity index (χ4n) is 2.01. The van der Waals surface area contributed by atoms with E-state index in [2.05, 4.69) is 4.98 Å². The molecule has 0 amide bonds. The molecule has 0 unspecified atom stereocenters. The van der Waals surface area contributed by atoms with Crippen LogP contribution in [0.4, 0.5) is 0 Å². The number of halogens is 1. The lowest BCUT2D eigenvalue weighted by Gasteiger charge is -2.10. The molecule has 5 heteroatoms. The first kappa shape index (κ1) is 13.4. The van der Waals surface area contributed by atoms with Crippen molar-refractivity contribution >= 4 is 28.5 Å². The molecular formula is C16H10ClNO3. The van der Waals surface area contributed by atoms with Gasteiger partial charge in [-0.25, -0.2) is 4.79 Å². The maximum absolute atomic E-state index is 11.2. The minimum absolute atomic E-state index is 0.00987. The van der Waals surface area contributed by atoms with Gasteiger partial charge in [-0.2, -0.15) is 0 Å². The van der Waals surface area contributed by atoms with Gasteiger partial charge in [-0.1, -0.05) is 35.9 Å². The van der Waals surface area contributed by atoms with Crippen LogP contribution in [0.15, 0.2) is 54.7 Å². The van der Waals surface area contributed by atoms with Gasteiger partial charge in [0, 0.05) is 5.39 Å². The quantitative estimate of drug-likeness (QED) is 0.779. The standard InChI is InChI=1S/C16H10ClNO3/c17-13-6-3-5-12(16(19)20)15(13)21-11-8-10-4-1-2-7-14(10)18-9-11/h1-9H,(H,19,20). The summed E-state index contributed by atoms with van der Waals surface area (Å²) in [6.45, 7) is 0.